The lowest BCUT2D eigenvalue weighted by molar-refractivity contribution is 0.184. The van der Waals surface area contributed by atoms with E-state index in [1.807, 2.05) is 7.05 Å². The van der Waals surface area contributed by atoms with Crippen molar-refractivity contribution >= 4 is 9.84 Å². The Morgan fingerprint density at radius 1 is 1.39 bits per heavy atom. The third kappa shape index (κ3) is 6.48. The monoisotopic (exact) mass is 344 g/mol. The quantitative estimate of drug-likeness (QED) is 0.693. The average molecular weight is 344 g/mol. The molecule has 23 heavy (non-hydrogen) atoms. The Morgan fingerprint density at radius 3 is 2.74 bits per heavy atom. The molecule has 0 amide bonds. The van der Waals surface area contributed by atoms with Gasteiger partial charge in [-0.05, 0) is 26.4 Å². The van der Waals surface area contributed by atoms with Crippen LogP contribution in [0, 0.1) is 0 Å². The molecule has 2 atom stereocenters. The van der Waals surface area contributed by atoms with Gasteiger partial charge in [-0.1, -0.05) is 0 Å². The van der Waals surface area contributed by atoms with Crippen LogP contribution in [0.15, 0.2) is 18.7 Å². The number of likely N-dealkylation sites (N-methyl/N-ethyl adjacent to an activating group) is 1. The van der Waals surface area contributed by atoms with E-state index in [2.05, 4.69) is 19.8 Å². The summed E-state index contributed by atoms with van der Waals surface area (Å²) >= 11 is 0. The fourth-order valence-electron chi connectivity index (χ4n) is 3.00. The summed E-state index contributed by atoms with van der Waals surface area (Å²) in [6, 6.07) is 0.133. The third-order valence-electron chi connectivity index (χ3n) is 4.05. The van der Waals surface area contributed by atoms with E-state index in [0.717, 1.165) is 12.1 Å². The highest BCUT2D eigenvalue weighted by molar-refractivity contribution is 7.90. The molecule has 0 bridgehead atoms. The second kappa shape index (κ2) is 8.12. The van der Waals surface area contributed by atoms with Crippen LogP contribution < -0.4 is 0 Å². The van der Waals surface area contributed by atoms with Gasteiger partial charge in [0, 0.05) is 49.9 Å². The highest BCUT2D eigenvalue weighted by Crippen LogP contribution is 2.23. The van der Waals surface area contributed by atoms with Crippen LogP contribution >= 0.6 is 0 Å². The fraction of sp³-hybridized carbons (Fsp3) is 0.733. The largest absolute Gasteiger partial charge is 0.305 e. The zero-order chi connectivity index (χ0) is 16.9. The van der Waals surface area contributed by atoms with Crippen molar-refractivity contribution in [2.75, 3.05) is 38.7 Å². The van der Waals surface area contributed by atoms with Crippen molar-refractivity contribution in [1.29, 1.82) is 0 Å². The number of halogens is 1. The molecule has 0 unspecified atom stereocenters. The molecule has 130 valence electrons. The predicted octanol–water partition coefficient (Wildman–Crippen LogP) is 0.756. The van der Waals surface area contributed by atoms with Crippen molar-refractivity contribution in [3.63, 3.8) is 0 Å². The van der Waals surface area contributed by atoms with Gasteiger partial charge in [0.05, 0.1) is 5.75 Å². The Kier molecular flexibility index (Phi) is 6.43. The number of rotatable bonds is 8. The number of likely N-dealkylation sites (tertiary alicyclic amines) is 1. The van der Waals surface area contributed by atoms with Crippen LogP contribution in [0.1, 0.15) is 18.4 Å². The van der Waals surface area contributed by atoms with Crippen LogP contribution in [-0.4, -0.2) is 79.1 Å². The Labute approximate surface area is 137 Å². The number of sulfone groups is 1. The van der Waals surface area contributed by atoms with E-state index >= 15 is 0 Å². The van der Waals surface area contributed by atoms with Gasteiger partial charge in [-0.25, -0.2) is 22.8 Å². The summed E-state index contributed by atoms with van der Waals surface area (Å²) in [5, 5.41) is 0. The Morgan fingerprint density at radius 2 is 2.09 bits per heavy atom. The fourth-order valence-corrected chi connectivity index (χ4v) is 3.65. The number of hydrogen-bond acceptors (Lipinski definition) is 6. The lowest BCUT2D eigenvalue weighted by Crippen LogP contribution is -2.39. The molecule has 0 aromatic carbocycles. The molecule has 1 aromatic rings. The maximum Gasteiger partial charge on any atom is 0.147 e. The van der Waals surface area contributed by atoms with E-state index in [0.29, 0.717) is 32.5 Å². The maximum absolute atomic E-state index is 13.8. The number of hydrogen-bond donors (Lipinski definition) is 0. The minimum Gasteiger partial charge on any atom is -0.305 e. The molecular weight excluding hydrogens is 319 g/mol. The Balaban J connectivity index is 1.84. The highest BCUT2D eigenvalue weighted by Gasteiger charge is 2.32. The molecule has 0 aliphatic carbocycles. The Bertz CT molecular complexity index is 584. The molecule has 1 saturated heterocycles. The van der Waals surface area contributed by atoms with Gasteiger partial charge >= 0.3 is 0 Å². The van der Waals surface area contributed by atoms with Crippen LogP contribution in [0.3, 0.4) is 0 Å². The number of nitrogens with zero attached hydrogens (tertiary/aromatic N) is 4. The minimum absolute atomic E-state index is 0.133. The van der Waals surface area contributed by atoms with Crippen LogP contribution in [0.4, 0.5) is 4.39 Å². The van der Waals surface area contributed by atoms with E-state index in [1.165, 1.54) is 12.6 Å². The van der Waals surface area contributed by atoms with Gasteiger partial charge in [0.1, 0.15) is 22.3 Å². The van der Waals surface area contributed by atoms with Gasteiger partial charge in [-0.3, -0.25) is 4.90 Å². The first-order valence-electron chi connectivity index (χ1n) is 7.82. The van der Waals surface area contributed by atoms with Gasteiger partial charge in [0.25, 0.3) is 0 Å². The summed E-state index contributed by atoms with van der Waals surface area (Å²) < 4.78 is 36.1. The molecule has 8 heteroatoms. The summed E-state index contributed by atoms with van der Waals surface area (Å²) in [7, 11) is -0.962. The van der Waals surface area contributed by atoms with Crippen molar-refractivity contribution in [3.8, 4) is 0 Å². The van der Waals surface area contributed by atoms with Crippen LogP contribution in [0.5, 0.6) is 0 Å². The van der Waals surface area contributed by atoms with E-state index < -0.39 is 16.0 Å². The van der Waals surface area contributed by atoms with Crippen molar-refractivity contribution in [3.05, 3.63) is 24.3 Å². The Hall–Kier alpha value is -1.12. The summed E-state index contributed by atoms with van der Waals surface area (Å²) in [6.45, 7) is 2.50. The van der Waals surface area contributed by atoms with Gasteiger partial charge in [0.2, 0.25) is 0 Å². The second-order valence-electron chi connectivity index (χ2n) is 6.41. The molecule has 1 aromatic heterocycles. The van der Waals surface area contributed by atoms with Crippen LogP contribution in [0.2, 0.25) is 0 Å². The van der Waals surface area contributed by atoms with Gasteiger partial charge in [0.15, 0.2) is 0 Å². The van der Waals surface area contributed by atoms with E-state index in [4.69, 9.17) is 0 Å². The smallest absolute Gasteiger partial charge is 0.147 e. The molecule has 1 aliphatic rings. The summed E-state index contributed by atoms with van der Waals surface area (Å²) in [5.74, 6) is 0.193. The minimum atomic E-state index is -2.92. The van der Waals surface area contributed by atoms with Gasteiger partial charge in [-0.2, -0.15) is 0 Å². The molecular formula is C15H25FN4O2S. The first-order chi connectivity index (χ1) is 10.8. The molecule has 0 N–H and O–H groups in total. The molecule has 1 aliphatic heterocycles. The van der Waals surface area contributed by atoms with Crippen LogP contribution in [0.25, 0.3) is 0 Å². The van der Waals surface area contributed by atoms with Gasteiger partial charge < -0.3 is 4.90 Å². The third-order valence-corrected chi connectivity index (χ3v) is 5.08. The van der Waals surface area contributed by atoms with Crippen molar-refractivity contribution < 1.29 is 12.8 Å². The molecule has 6 nitrogen and oxygen atoms in total. The predicted molar refractivity (Wildman–Crippen MR) is 87.6 cm³/mol. The first kappa shape index (κ1) is 18.2. The molecule has 0 spiro atoms. The van der Waals surface area contributed by atoms with E-state index in [1.54, 1.807) is 12.4 Å². The van der Waals surface area contributed by atoms with Crippen LogP contribution in [-0.2, 0) is 16.4 Å². The molecule has 0 saturated carbocycles. The number of aromatic nitrogens is 2. The standard InChI is InChI=1S/C15H25FN4O2S/c1-19(4-3-5-23(2,21)22)11-15-6-14(16)10-20(15)9-13-7-17-12-18-8-13/h7-8,12,14-15H,3-6,9-11H2,1-2H3/t14-,15-/m0/s1. The zero-order valence-electron chi connectivity index (χ0n) is 13.7. The van der Waals surface area contributed by atoms with Crippen molar-refractivity contribution in [2.45, 2.75) is 31.6 Å². The first-order valence-corrected chi connectivity index (χ1v) is 9.88. The number of alkyl halides is 1. The lowest BCUT2D eigenvalue weighted by Gasteiger charge is -2.28. The maximum atomic E-state index is 13.8. The summed E-state index contributed by atoms with van der Waals surface area (Å²) in [6.07, 6.45) is 6.56. The average Bonchev–Trinajstić information content (AvgIpc) is 2.78. The molecule has 1 fully saturated rings. The topological polar surface area (TPSA) is 66.4 Å². The second-order valence-corrected chi connectivity index (χ2v) is 8.67. The normalized spacial score (nSPS) is 22.8. The highest BCUT2D eigenvalue weighted by atomic mass is 32.2. The molecule has 2 heterocycles. The zero-order valence-corrected chi connectivity index (χ0v) is 14.5. The van der Waals surface area contributed by atoms with Crippen molar-refractivity contribution in [2.24, 2.45) is 0 Å². The SMILES string of the molecule is CN(CCCS(C)(=O)=O)C[C@@H]1C[C@H](F)CN1Cc1cncnc1. The van der Waals surface area contributed by atoms with E-state index in [-0.39, 0.29) is 11.8 Å². The van der Waals surface area contributed by atoms with E-state index in [9.17, 15) is 12.8 Å². The van der Waals surface area contributed by atoms with Crippen molar-refractivity contribution in [1.82, 2.24) is 19.8 Å². The molecule has 2 rings (SSSR count). The lowest BCUT2D eigenvalue weighted by atomic mass is 10.2. The van der Waals surface area contributed by atoms with Gasteiger partial charge in [-0.15, -0.1) is 0 Å². The molecule has 0 radical (unpaired) electrons. The summed E-state index contributed by atoms with van der Waals surface area (Å²) in [5.41, 5.74) is 0.978. The summed E-state index contributed by atoms with van der Waals surface area (Å²) in [4.78, 5) is 12.2.